The summed E-state index contributed by atoms with van der Waals surface area (Å²) in [5.74, 6) is 0. The molecule has 0 aliphatic heterocycles. The molecule has 0 atom stereocenters. The molecule has 21 heavy (non-hydrogen) atoms. The average Bonchev–Trinajstić information content (AvgIpc) is 2.46. The van der Waals surface area contributed by atoms with Crippen LogP contribution in [0.15, 0.2) is 36.1 Å². The van der Waals surface area contributed by atoms with Crippen LogP contribution in [0.4, 0.5) is 0 Å². The fourth-order valence-corrected chi connectivity index (χ4v) is 2.65. The summed E-state index contributed by atoms with van der Waals surface area (Å²) in [5, 5.41) is 3.57. The van der Waals surface area contributed by atoms with E-state index in [4.69, 9.17) is 0 Å². The van der Waals surface area contributed by atoms with Gasteiger partial charge in [-0.2, -0.15) is 0 Å². The monoisotopic (exact) mass is 303 g/mol. The lowest BCUT2D eigenvalue weighted by molar-refractivity contribution is -0.837. The van der Waals surface area contributed by atoms with Crippen molar-refractivity contribution in [1.82, 2.24) is 5.32 Å². The van der Waals surface area contributed by atoms with Crippen LogP contribution in [0.25, 0.3) is 0 Å². The number of hydrogen-bond donors (Lipinski definition) is 1. The molecular weight excluding hydrogens is 272 g/mol. The molecule has 0 heterocycles. The normalized spacial score (nSPS) is 16.4. The van der Waals surface area contributed by atoms with Gasteiger partial charge < -0.3 is 5.32 Å². The maximum Gasteiger partial charge on any atom is 0.177 e. The van der Waals surface area contributed by atoms with Crippen molar-refractivity contribution in [2.75, 3.05) is 33.7 Å². The lowest BCUT2D eigenvalue weighted by Gasteiger charge is -2.23. The Hall–Kier alpha value is -0.773. The standard InChI is InChI=1S/C18H31N2Si/c1-20(2,17-18-11-7-6-8-12-18)15-14-19-13-9-4-3-5-10-16-21/h6-8,11-12,17,19H,3-5,9-10,13-16H2,1-2H3/q+2. The van der Waals surface area contributed by atoms with Gasteiger partial charge in [0.1, 0.15) is 12.1 Å². The predicted molar refractivity (Wildman–Crippen MR) is 94.2 cm³/mol. The van der Waals surface area contributed by atoms with Crippen LogP contribution in [-0.2, 0) is 0 Å². The van der Waals surface area contributed by atoms with Crippen molar-refractivity contribution >= 4 is 10.2 Å². The number of nitrogens with zero attached hydrogens (tertiary/aromatic N) is 1. The lowest BCUT2D eigenvalue weighted by Crippen LogP contribution is -2.40. The molecule has 0 spiro atoms. The van der Waals surface area contributed by atoms with Gasteiger partial charge in [-0.15, -0.1) is 0 Å². The van der Waals surface area contributed by atoms with Crippen molar-refractivity contribution in [2.45, 2.75) is 38.1 Å². The van der Waals surface area contributed by atoms with E-state index in [-0.39, 0.29) is 0 Å². The number of unbranched alkanes of at least 4 members (excludes halogenated alkanes) is 4. The third kappa shape index (κ3) is 9.72. The minimum Gasteiger partial charge on any atom is -0.311 e. The molecule has 0 fully saturated rings. The quantitative estimate of drug-likeness (QED) is 0.267. The highest BCUT2D eigenvalue weighted by molar-refractivity contribution is 6.08. The third-order valence-electron chi connectivity index (χ3n) is 3.69. The van der Waals surface area contributed by atoms with Crippen molar-refractivity contribution < 1.29 is 4.48 Å². The van der Waals surface area contributed by atoms with Gasteiger partial charge in [0.2, 0.25) is 0 Å². The zero-order valence-corrected chi connectivity index (χ0v) is 14.8. The fraction of sp³-hybridized carbons (Fsp3) is 0.611. The Morgan fingerprint density at radius 3 is 2.57 bits per heavy atom. The Labute approximate surface area is 135 Å². The molecule has 3 heteroatoms. The maximum absolute atomic E-state index is 3.57. The molecule has 0 unspecified atom stereocenters. The second kappa shape index (κ2) is 10.9. The van der Waals surface area contributed by atoms with E-state index in [9.17, 15) is 0 Å². The van der Waals surface area contributed by atoms with Gasteiger partial charge in [0, 0.05) is 47.5 Å². The topological polar surface area (TPSA) is 12.0 Å². The first-order valence-corrected chi connectivity index (χ1v) is 8.94. The summed E-state index contributed by atoms with van der Waals surface area (Å²) in [5.41, 5.74) is 1.30. The first-order chi connectivity index (χ1) is 10.1. The van der Waals surface area contributed by atoms with Crippen LogP contribution in [0.5, 0.6) is 0 Å². The smallest absolute Gasteiger partial charge is 0.177 e. The number of likely N-dealkylation sites (N-methyl/N-ethyl adjacent to an activating group) is 1. The van der Waals surface area contributed by atoms with Gasteiger partial charge in [0.15, 0.2) is 6.20 Å². The molecule has 0 saturated heterocycles. The summed E-state index contributed by atoms with van der Waals surface area (Å²) < 4.78 is 0.919. The van der Waals surface area contributed by atoms with Gasteiger partial charge >= 0.3 is 0 Å². The van der Waals surface area contributed by atoms with Crippen LogP contribution in [0, 0.1) is 6.42 Å². The zero-order chi connectivity index (χ0) is 15.4. The van der Waals surface area contributed by atoms with Crippen LogP contribution in [0.1, 0.15) is 32.1 Å². The molecule has 1 rings (SSSR count). The Bertz CT molecular complexity index is 356. The van der Waals surface area contributed by atoms with Gasteiger partial charge in [-0.05, 0) is 13.0 Å². The number of hydrogen-bond acceptors (Lipinski definition) is 1. The van der Waals surface area contributed by atoms with Gasteiger partial charge in [0.05, 0.1) is 14.1 Å². The maximum atomic E-state index is 3.57. The number of allylic oxidation sites excluding steroid dienone is 5. The number of nitrogens with one attached hydrogen (secondary N) is 1. The van der Waals surface area contributed by atoms with E-state index in [1.807, 2.05) is 0 Å². The molecule has 0 aromatic rings. The molecule has 0 amide bonds. The largest absolute Gasteiger partial charge is 0.311 e. The molecule has 0 aromatic heterocycles. The third-order valence-corrected chi connectivity index (χ3v) is 4.05. The first kappa shape index (κ1) is 18.3. The highest BCUT2D eigenvalue weighted by Gasteiger charge is 2.17. The van der Waals surface area contributed by atoms with Gasteiger partial charge in [-0.1, -0.05) is 31.7 Å². The summed E-state index contributed by atoms with van der Waals surface area (Å²) in [6, 6.07) is 1.14. The van der Waals surface area contributed by atoms with Crippen LogP contribution >= 0.6 is 0 Å². The SMILES string of the molecule is C[N+](C)(C=C1C=CC=C[CH+]1)CCNCCCCCCC[Si]. The zero-order valence-electron chi connectivity index (χ0n) is 13.8. The van der Waals surface area contributed by atoms with Crippen LogP contribution in [-0.4, -0.2) is 48.5 Å². The Kier molecular flexibility index (Phi) is 9.47. The Morgan fingerprint density at radius 2 is 1.86 bits per heavy atom. The number of quaternary nitrogens is 1. The molecule has 1 N–H and O–H groups in total. The van der Waals surface area contributed by atoms with Gasteiger partial charge in [-0.3, -0.25) is 4.48 Å². The molecule has 0 bridgehead atoms. The predicted octanol–water partition coefficient (Wildman–Crippen LogP) is 3.40. The molecule has 0 saturated carbocycles. The second-order valence-electron chi connectivity index (χ2n) is 6.31. The summed E-state index contributed by atoms with van der Waals surface area (Å²) in [6.07, 6.45) is 19.6. The summed E-state index contributed by atoms with van der Waals surface area (Å²) >= 11 is 0. The molecule has 115 valence electrons. The van der Waals surface area contributed by atoms with Crippen molar-refractivity contribution in [3.05, 3.63) is 42.5 Å². The van der Waals surface area contributed by atoms with E-state index in [1.54, 1.807) is 0 Å². The minimum atomic E-state index is 0.919. The van der Waals surface area contributed by atoms with Crippen LogP contribution in [0.2, 0.25) is 6.04 Å². The van der Waals surface area contributed by atoms with E-state index in [0.717, 1.165) is 30.2 Å². The highest BCUT2D eigenvalue weighted by atomic mass is 28.1. The molecule has 0 aromatic carbocycles. The van der Waals surface area contributed by atoms with Crippen molar-refractivity contribution in [1.29, 1.82) is 0 Å². The Balaban J connectivity index is 2.05. The Morgan fingerprint density at radius 1 is 1.10 bits per heavy atom. The lowest BCUT2D eigenvalue weighted by atomic mass is 10.1. The first-order valence-electron chi connectivity index (χ1n) is 8.23. The van der Waals surface area contributed by atoms with Crippen molar-refractivity contribution in [3.8, 4) is 0 Å². The van der Waals surface area contributed by atoms with E-state index >= 15 is 0 Å². The van der Waals surface area contributed by atoms with Crippen molar-refractivity contribution in [2.24, 2.45) is 0 Å². The summed E-state index contributed by atoms with van der Waals surface area (Å²) in [7, 11) is 8.04. The molecule has 1 aliphatic carbocycles. The minimum absolute atomic E-state index is 0.919. The number of rotatable bonds is 11. The van der Waals surface area contributed by atoms with Crippen LogP contribution < -0.4 is 5.32 Å². The van der Waals surface area contributed by atoms with Crippen molar-refractivity contribution in [3.63, 3.8) is 0 Å². The van der Waals surface area contributed by atoms with Gasteiger partial charge in [-0.25, -0.2) is 0 Å². The van der Waals surface area contributed by atoms with Crippen LogP contribution in [0.3, 0.4) is 0 Å². The summed E-state index contributed by atoms with van der Waals surface area (Å²) in [6.45, 7) is 3.36. The van der Waals surface area contributed by atoms with E-state index in [1.165, 1.54) is 37.7 Å². The van der Waals surface area contributed by atoms with E-state index < -0.39 is 0 Å². The van der Waals surface area contributed by atoms with E-state index in [0.29, 0.717) is 0 Å². The van der Waals surface area contributed by atoms with Gasteiger partial charge in [0.25, 0.3) is 0 Å². The fourth-order valence-electron chi connectivity index (χ4n) is 2.40. The van der Waals surface area contributed by atoms with E-state index in [2.05, 4.69) is 66.6 Å². The molecule has 3 radical (unpaired) electrons. The molecular formula is C18H31N2Si+2. The second-order valence-corrected chi connectivity index (χ2v) is 6.81. The molecule has 2 nitrogen and oxygen atoms in total. The molecule has 1 aliphatic rings. The average molecular weight is 304 g/mol. The summed E-state index contributed by atoms with van der Waals surface area (Å²) in [4.78, 5) is 0. The highest BCUT2D eigenvalue weighted by Crippen LogP contribution is 2.12.